The second-order valence-electron chi connectivity index (χ2n) is 5.21. The highest BCUT2D eigenvalue weighted by Crippen LogP contribution is 2.36. The van der Waals surface area contributed by atoms with Gasteiger partial charge >= 0.3 is 0 Å². The standard InChI is InChI=1S/C16H16FN3S/c1-20-10-11(6-13(20)8-18)9-19-15-4-5-21-16-3-2-12(17)7-14(15)16/h2-3,6-7,10,15,19H,4-5,9H2,1H3. The van der Waals surface area contributed by atoms with Gasteiger partial charge in [-0.3, -0.25) is 0 Å². The molecule has 0 saturated carbocycles. The summed E-state index contributed by atoms with van der Waals surface area (Å²) >= 11 is 1.78. The van der Waals surface area contributed by atoms with E-state index in [4.69, 9.17) is 5.26 Å². The molecule has 1 aliphatic rings. The summed E-state index contributed by atoms with van der Waals surface area (Å²) in [5.41, 5.74) is 2.77. The number of hydrogen-bond donors (Lipinski definition) is 1. The maximum absolute atomic E-state index is 13.5. The van der Waals surface area contributed by atoms with Gasteiger partial charge in [-0.05, 0) is 47.6 Å². The van der Waals surface area contributed by atoms with E-state index in [0.717, 1.165) is 28.2 Å². The van der Waals surface area contributed by atoms with Crippen LogP contribution in [0.15, 0.2) is 35.4 Å². The van der Waals surface area contributed by atoms with E-state index in [1.165, 1.54) is 6.07 Å². The Hall–Kier alpha value is -1.77. The van der Waals surface area contributed by atoms with E-state index in [1.54, 1.807) is 17.8 Å². The number of rotatable bonds is 3. The van der Waals surface area contributed by atoms with Crippen LogP contribution in [-0.4, -0.2) is 10.3 Å². The number of aryl methyl sites for hydroxylation is 1. The predicted octanol–water partition coefficient (Wildman–Crippen LogP) is 3.36. The molecular formula is C16H16FN3S. The van der Waals surface area contributed by atoms with Gasteiger partial charge in [-0.2, -0.15) is 5.26 Å². The fraction of sp³-hybridized carbons (Fsp3) is 0.312. The average molecular weight is 301 g/mol. The Morgan fingerprint density at radius 1 is 1.48 bits per heavy atom. The van der Waals surface area contributed by atoms with Gasteiger partial charge in [-0.25, -0.2) is 4.39 Å². The van der Waals surface area contributed by atoms with E-state index < -0.39 is 0 Å². The second kappa shape index (κ2) is 5.92. The third-order valence-corrected chi connectivity index (χ3v) is 4.86. The van der Waals surface area contributed by atoms with Gasteiger partial charge in [0.1, 0.15) is 17.6 Å². The van der Waals surface area contributed by atoms with Crippen molar-refractivity contribution in [2.75, 3.05) is 5.75 Å². The maximum Gasteiger partial charge on any atom is 0.123 e. The van der Waals surface area contributed by atoms with E-state index in [1.807, 2.05) is 29.9 Å². The monoisotopic (exact) mass is 301 g/mol. The first-order valence-electron chi connectivity index (χ1n) is 6.88. The normalized spacial score (nSPS) is 17.3. The van der Waals surface area contributed by atoms with Gasteiger partial charge in [0, 0.05) is 30.7 Å². The Bertz CT molecular complexity index is 702. The van der Waals surface area contributed by atoms with Crippen LogP contribution in [0, 0.1) is 17.1 Å². The van der Waals surface area contributed by atoms with Crippen LogP contribution in [0.3, 0.4) is 0 Å². The Balaban J connectivity index is 1.74. The molecule has 21 heavy (non-hydrogen) atoms. The quantitative estimate of drug-likeness (QED) is 0.945. The minimum atomic E-state index is -0.186. The summed E-state index contributed by atoms with van der Waals surface area (Å²) in [6, 6.07) is 9.22. The number of hydrogen-bond acceptors (Lipinski definition) is 3. The van der Waals surface area contributed by atoms with Crippen LogP contribution in [0.5, 0.6) is 0 Å². The molecule has 1 unspecified atom stereocenters. The van der Waals surface area contributed by atoms with Crippen molar-refractivity contribution in [2.45, 2.75) is 23.9 Å². The van der Waals surface area contributed by atoms with Crippen LogP contribution in [-0.2, 0) is 13.6 Å². The summed E-state index contributed by atoms with van der Waals surface area (Å²) in [5, 5.41) is 12.5. The molecule has 1 atom stereocenters. The molecule has 5 heteroatoms. The molecule has 0 aliphatic carbocycles. The lowest BCUT2D eigenvalue weighted by molar-refractivity contribution is 0.504. The summed E-state index contributed by atoms with van der Waals surface area (Å²) in [5.74, 6) is 0.851. The highest BCUT2D eigenvalue weighted by atomic mass is 32.2. The van der Waals surface area contributed by atoms with Gasteiger partial charge in [0.15, 0.2) is 0 Å². The molecule has 0 radical (unpaired) electrons. The number of nitrogens with zero attached hydrogens (tertiary/aromatic N) is 2. The zero-order valence-electron chi connectivity index (χ0n) is 11.8. The summed E-state index contributed by atoms with van der Waals surface area (Å²) in [6.45, 7) is 0.681. The van der Waals surface area contributed by atoms with Crippen molar-refractivity contribution in [3.63, 3.8) is 0 Å². The van der Waals surface area contributed by atoms with Crippen molar-refractivity contribution in [1.29, 1.82) is 5.26 Å². The number of fused-ring (bicyclic) bond motifs is 1. The molecule has 0 spiro atoms. The largest absolute Gasteiger partial charge is 0.342 e. The molecule has 1 N–H and O–H groups in total. The Kier molecular flexibility index (Phi) is 4.00. The van der Waals surface area contributed by atoms with Crippen molar-refractivity contribution in [3.8, 4) is 6.07 Å². The minimum absolute atomic E-state index is 0.169. The number of nitrogens with one attached hydrogen (secondary N) is 1. The first kappa shape index (κ1) is 14.2. The van der Waals surface area contributed by atoms with Crippen molar-refractivity contribution < 1.29 is 4.39 Å². The smallest absolute Gasteiger partial charge is 0.123 e. The lowest BCUT2D eigenvalue weighted by Gasteiger charge is -2.26. The molecule has 1 aliphatic heterocycles. The molecular weight excluding hydrogens is 285 g/mol. The lowest BCUT2D eigenvalue weighted by Crippen LogP contribution is -2.24. The van der Waals surface area contributed by atoms with E-state index >= 15 is 0 Å². The Morgan fingerprint density at radius 3 is 3.10 bits per heavy atom. The van der Waals surface area contributed by atoms with Crippen molar-refractivity contribution >= 4 is 11.8 Å². The van der Waals surface area contributed by atoms with Crippen LogP contribution in [0.4, 0.5) is 4.39 Å². The first-order valence-corrected chi connectivity index (χ1v) is 7.87. The SMILES string of the molecule is Cn1cc(CNC2CCSc3ccc(F)cc32)cc1C#N. The zero-order valence-corrected chi connectivity index (χ0v) is 12.6. The lowest BCUT2D eigenvalue weighted by atomic mass is 10.0. The summed E-state index contributed by atoms with van der Waals surface area (Å²) in [7, 11) is 1.87. The number of benzene rings is 1. The average Bonchev–Trinajstić information content (AvgIpc) is 2.85. The molecule has 1 aromatic carbocycles. The first-order chi connectivity index (χ1) is 10.2. The molecule has 0 bridgehead atoms. The van der Waals surface area contributed by atoms with Crippen LogP contribution in [0.25, 0.3) is 0 Å². The molecule has 0 fully saturated rings. The van der Waals surface area contributed by atoms with Gasteiger partial charge in [0.2, 0.25) is 0 Å². The van der Waals surface area contributed by atoms with E-state index in [-0.39, 0.29) is 11.9 Å². The molecule has 1 aromatic heterocycles. The molecule has 2 heterocycles. The summed E-state index contributed by atoms with van der Waals surface area (Å²) in [4.78, 5) is 1.16. The van der Waals surface area contributed by atoms with E-state index in [9.17, 15) is 4.39 Å². The molecule has 0 saturated heterocycles. The van der Waals surface area contributed by atoms with Gasteiger partial charge in [0.25, 0.3) is 0 Å². The fourth-order valence-corrected chi connectivity index (χ4v) is 3.76. The number of aromatic nitrogens is 1. The number of nitriles is 1. The van der Waals surface area contributed by atoms with E-state index in [2.05, 4.69) is 11.4 Å². The molecule has 3 rings (SSSR count). The Morgan fingerprint density at radius 2 is 2.33 bits per heavy atom. The fourth-order valence-electron chi connectivity index (χ4n) is 2.66. The summed E-state index contributed by atoms with van der Waals surface area (Å²) in [6.07, 6.45) is 2.94. The van der Waals surface area contributed by atoms with Gasteiger partial charge < -0.3 is 9.88 Å². The number of halogens is 1. The van der Waals surface area contributed by atoms with Gasteiger partial charge in [0.05, 0.1) is 0 Å². The van der Waals surface area contributed by atoms with Gasteiger partial charge in [-0.1, -0.05) is 0 Å². The van der Waals surface area contributed by atoms with Crippen LogP contribution >= 0.6 is 11.8 Å². The van der Waals surface area contributed by atoms with E-state index in [0.29, 0.717) is 12.2 Å². The van der Waals surface area contributed by atoms with Crippen LogP contribution < -0.4 is 5.32 Å². The molecule has 3 nitrogen and oxygen atoms in total. The van der Waals surface area contributed by atoms with Gasteiger partial charge in [-0.15, -0.1) is 11.8 Å². The molecule has 2 aromatic rings. The topological polar surface area (TPSA) is 40.8 Å². The van der Waals surface area contributed by atoms with Crippen molar-refractivity contribution in [1.82, 2.24) is 9.88 Å². The minimum Gasteiger partial charge on any atom is -0.342 e. The molecule has 108 valence electrons. The number of thioether (sulfide) groups is 1. The van der Waals surface area contributed by atoms with Crippen molar-refractivity contribution in [3.05, 3.63) is 53.1 Å². The second-order valence-corrected chi connectivity index (χ2v) is 6.35. The van der Waals surface area contributed by atoms with Crippen molar-refractivity contribution in [2.24, 2.45) is 7.05 Å². The highest BCUT2D eigenvalue weighted by Gasteiger charge is 2.21. The highest BCUT2D eigenvalue weighted by molar-refractivity contribution is 7.99. The third-order valence-electron chi connectivity index (χ3n) is 3.74. The third kappa shape index (κ3) is 2.97. The Labute approximate surface area is 127 Å². The van der Waals surface area contributed by atoms with Crippen LogP contribution in [0.2, 0.25) is 0 Å². The summed E-state index contributed by atoms with van der Waals surface area (Å²) < 4.78 is 15.3. The zero-order chi connectivity index (χ0) is 14.8. The predicted molar refractivity (Wildman–Crippen MR) is 81.4 cm³/mol. The van der Waals surface area contributed by atoms with Crippen LogP contribution in [0.1, 0.15) is 29.3 Å². The molecule has 0 amide bonds. The maximum atomic E-state index is 13.5.